The first-order valence-electron chi connectivity index (χ1n) is 6.67. The lowest BCUT2D eigenvalue weighted by molar-refractivity contribution is -0.199. The maximum atomic E-state index is 11.6. The predicted octanol–water partition coefficient (Wildman–Crippen LogP) is 1.11. The molecule has 1 aromatic heterocycles. The van der Waals surface area contributed by atoms with Gasteiger partial charge in [-0.3, -0.25) is 14.5 Å². The molecule has 2 aliphatic heterocycles. The Kier molecular flexibility index (Phi) is 3.06. The van der Waals surface area contributed by atoms with Crippen LogP contribution in [0.2, 0.25) is 0 Å². The minimum Gasteiger partial charge on any atom is -0.361 e. The van der Waals surface area contributed by atoms with Crippen LogP contribution < -0.4 is 0 Å². The number of amides is 1. The predicted molar refractivity (Wildman–Crippen MR) is 67.0 cm³/mol. The average molecular weight is 265 g/mol. The Morgan fingerprint density at radius 2 is 2.16 bits per heavy atom. The maximum absolute atomic E-state index is 11.6. The number of hydroxylamine groups is 2. The summed E-state index contributed by atoms with van der Waals surface area (Å²) in [4.78, 5) is 19.6. The van der Waals surface area contributed by atoms with Gasteiger partial charge in [0.1, 0.15) is 11.4 Å². The first-order valence-corrected chi connectivity index (χ1v) is 6.67. The molecule has 2 fully saturated rings. The van der Waals surface area contributed by atoms with E-state index in [1.54, 1.807) is 7.05 Å². The van der Waals surface area contributed by atoms with Gasteiger partial charge in [0.25, 0.3) is 0 Å². The minimum absolute atomic E-state index is 0.0839. The molecule has 0 saturated carbocycles. The minimum atomic E-state index is -0.262. The fourth-order valence-electron chi connectivity index (χ4n) is 2.87. The van der Waals surface area contributed by atoms with Crippen LogP contribution in [0, 0.1) is 6.92 Å². The summed E-state index contributed by atoms with van der Waals surface area (Å²) in [6.07, 6.45) is 2.29. The van der Waals surface area contributed by atoms with E-state index in [0.29, 0.717) is 6.42 Å². The van der Waals surface area contributed by atoms with Crippen LogP contribution in [-0.2, 0) is 16.2 Å². The van der Waals surface area contributed by atoms with Crippen LogP contribution in [0.4, 0.5) is 0 Å². The van der Waals surface area contributed by atoms with Gasteiger partial charge in [0.2, 0.25) is 5.91 Å². The Morgan fingerprint density at radius 1 is 1.42 bits per heavy atom. The highest BCUT2D eigenvalue weighted by atomic mass is 16.7. The summed E-state index contributed by atoms with van der Waals surface area (Å²) in [5.41, 5.74) is 0.705. The summed E-state index contributed by atoms with van der Waals surface area (Å²) in [5.74, 6) is 0.926. The Labute approximate surface area is 112 Å². The second kappa shape index (κ2) is 4.61. The quantitative estimate of drug-likeness (QED) is 0.801. The molecule has 3 heterocycles. The molecule has 0 aromatic carbocycles. The smallest absolute Gasteiger partial charge is 0.248 e. The number of aryl methyl sites for hydroxylation is 1. The van der Waals surface area contributed by atoms with E-state index in [9.17, 15) is 4.79 Å². The molecule has 2 saturated heterocycles. The number of piperidine rings is 1. The van der Waals surface area contributed by atoms with Crippen molar-refractivity contribution in [3.05, 3.63) is 17.5 Å². The van der Waals surface area contributed by atoms with Crippen LogP contribution in [-0.4, -0.2) is 46.8 Å². The van der Waals surface area contributed by atoms with Crippen molar-refractivity contribution in [2.24, 2.45) is 0 Å². The Balaban J connectivity index is 1.56. The highest BCUT2D eigenvalue weighted by Gasteiger charge is 2.45. The zero-order valence-corrected chi connectivity index (χ0v) is 11.4. The monoisotopic (exact) mass is 265 g/mol. The molecule has 0 radical (unpaired) electrons. The second-order valence-corrected chi connectivity index (χ2v) is 5.55. The van der Waals surface area contributed by atoms with Gasteiger partial charge in [-0.1, -0.05) is 5.16 Å². The number of carbonyl (C=O) groups excluding carboxylic acids is 1. The molecule has 1 aromatic rings. The highest BCUT2D eigenvalue weighted by Crippen LogP contribution is 2.36. The maximum Gasteiger partial charge on any atom is 0.248 e. The third-order valence-electron chi connectivity index (χ3n) is 3.98. The van der Waals surface area contributed by atoms with E-state index in [1.165, 1.54) is 5.06 Å². The van der Waals surface area contributed by atoms with Crippen LogP contribution in [0.25, 0.3) is 0 Å². The fraction of sp³-hybridized carbons (Fsp3) is 0.692. The van der Waals surface area contributed by atoms with Gasteiger partial charge in [0.15, 0.2) is 0 Å². The summed E-state index contributed by atoms with van der Waals surface area (Å²) >= 11 is 0. The molecule has 2 aliphatic rings. The van der Waals surface area contributed by atoms with Crippen molar-refractivity contribution in [2.45, 2.75) is 38.3 Å². The van der Waals surface area contributed by atoms with Crippen molar-refractivity contribution in [2.75, 3.05) is 20.1 Å². The Morgan fingerprint density at radius 3 is 2.68 bits per heavy atom. The number of hydrogen-bond donors (Lipinski definition) is 0. The third kappa shape index (κ3) is 2.50. The van der Waals surface area contributed by atoms with Crippen molar-refractivity contribution >= 4 is 5.91 Å². The van der Waals surface area contributed by atoms with Gasteiger partial charge in [-0.2, -0.15) is 0 Å². The van der Waals surface area contributed by atoms with Crippen molar-refractivity contribution in [1.29, 1.82) is 0 Å². The average Bonchev–Trinajstić information content (AvgIpc) is 2.88. The van der Waals surface area contributed by atoms with Gasteiger partial charge >= 0.3 is 0 Å². The first kappa shape index (κ1) is 12.6. The number of rotatable bonds is 2. The third-order valence-corrected chi connectivity index (χ3v) is 3.98. The molecule has 104 valence electrons. The van der Waals surface area contributed by atoms with Crippen molar-refractivity contribution in [3.63, 3.8) is 0 Å². The zero-order valence-electron chi connectivity index (χ0n) is 11.4. The molecule has 0 unspecified atom stereocenters. The van der Waals surface area contributed by atoms with Crippen LogP contribution in [0.3, 0.4) is 0 Å². The molecule has 3 rings (SSSR count). The van der Waals surface area contributed by atoms with E-state index in [0.717, 1.165) is 43.9 Å². The molecule has 1 spiro atoms. The molecule has 19 heavy (non-hydrogen) atoms. The highest BCUT2D eigenvalue weighted by molar-refractivity contribution is 5.77. The molecular weight excluding hydrogens is 246 g/mol. The van der Waals surface area contributed by atoms with Crippen LogP contribution in [0.1, 0.15) is 30.7 Å². The van der Waals surface area contributed by atoms with E-state index in [1.807, 2.05) is 13.0 Å². The molecule has 6 nitrogen and oxygen atoms in total. The van der Waals surface area contributed by atoms with E-state index < -0.39 is 0 Å². The fourth-order valence-corrected chi connectivity index (χ4v) is 2.87. The molecule has 1 amide bonds. The summed E-state index contributed by atoms with van der Waals surface area (Å²) in [5, 5.41) is 5.40. The largest absolute Gasteiger partial charge is 0.361 e. The van der Waals surface area contributed by atoms with Crippen molar-refractivity contribution < 1.29 is 14.2 Å². The van der Waals surface area contributed by atoms with E-state index in [2.05, 4.69) is 10.1 Å². The normalized spacial score (nSPS) is 23.5. The van der Waals surface area contributed by atoms with Gasteiger partial charge < -0.3 is 4.52 Å². The van der Waals surface area contributed by atoms with E-state index in [4.69, 9.17) is 9.36 Å². The molecule has 0 bridgehead atoms. The number of nitrogens with zero attached hydrogens (tertiary/aromatic N) is 3. The lowest BCUT2D eigenvalue weighted by Gasteiger charge is -2.37. The SMILES string of the molecule is Cc1cc(CN2CCC3(CC2)CC(=O)N(C)O3)no1. The van der Waals surface area contributed by atoms with E-state index >= 15 is 0 Å². The summed E-state index contributed by atoms with van der Waals surface area (Å²) in [7, 11) is 1.70. The van der Waals surface area contributed by atoms with Gasteiger partial charge in [0.05, 0.1) is 12.1 Å². The number of likely N-dealkylation sites (tertiary alicyclic amines) is 1. The van der Waals surface area contributed by atoms with Crippen molar-refractivity contribution in [3.8, 4) is 0 Å². The topological polar surface area (TPSA) is 58.8 Å². The molecular formula is C13H19N3O3. The number of hydrogen-bond acceptors (Lipinski definition) is 5. The molecule has 0 atom stereocenters. The standard InChI is InChI=1S/C13H19N3O3/c1-10-7-11(14-18-10)9-16-5-3-13(4-6-16)8-12(17)15(2)19-13/h7H,3-6,8-9H2,1-2H3. The molecule has 6 heteroatoms. The lowest BCUT2D eigenvalue weighted by Crippen LogP contribution is -2.44. The van der Waals surface area contributed by atoms with Crippen LogP contribution in [0.5, 0.6) is 0 Å². The van der Waals surface area contributed by atoms with Gasteiger partial charge in [-0.05, 0) is 19.8 Å². The van der Waals surface area contributed by atoms with Gasteiger partial charge in [0, 0.05) is 32.7 Å². The Bertz CT molecular complexity index is 477. The summed E-state index contributed by atoms with van der Waals surface area (Å²) in [6, 6.07) is 1.97. The van der Waals surface area contributed by atoms with E-state index in [-0.39, 0.29) is 11.5 Å². The van der Waals surface area contributed by atoms with Crippen molar-refractivity contribution in [1.82, 2.24) is 15.1 Å². The Hall–Kier alpha value is -1.40. The summed E-state index contributed by atoms with van der Waals surface area (Å²) < 4.78 is 5.07. The second-order valence-electron chi connectivity index (χ2n) is 5.55. The van der Waals surface area contributed by atoms with Gasteiger partial charge in [-0.15, -0.1) is 0 Å². The number of carbonyl (C=O) groups is 1. The molecule has 0 aliphatic carbocycles. The molecule has 0 N–H and O–H groups in total. The zero-order chi connectivity index (χ0) is 13.5. The van der Waals surface area contributed by atoms with Gasteiger partial charge in [-0.25, -0.2) is 5.06 Å². The number of aromatic nitrogens is 1. The first-order chi connectivity index (χ1) is 9.06. The lowest BCUT2D eigenvalue weighted by atomic mass is 9.88. The summed E-state index contributed by atoms with van der Waals surface area (Å²) in [6.45, 7) is 4.55. The van der Waals surface area contributed by atoms with Crippen LogP contribution >= 0.6 is 0 Å². The van der Waals surface area contributed by atoms with Crippen LogP contribution in [0.15, 0.2) is 10.6 Å².